The SMILES string of the molecule is CN.CN.CNc1ccc(C2(NC(=O)c3cncc4c3cnn4-c3ccc(F)cc3)CC2)cn1.O=C(NC1(c2ccc(Br)nc2)CC1)c1cncc2c1cnn2-c1ccc(F)cc1.[C-]#[O+]. The second kappa shape index (κ2) is 20.9. The molecule has 0 saturated heterocycles. The zero-order valence-electron chi connectivity index (χ0n) is 35.5. The summed E-state index contributed by atoms with van der Waals surface area (Å²) >= 11 is 3.34. The van der Waals surface area contributed by atoms with Gasteiger partial charge in [-0.25, -0.2) is 28.1 Å². The van der Waals surface area contributed by atoms with Crippen LogP contribution in [0.2, 0.25) is 0 Å². The van der Waals surface area contributed by atoms with Crippen molar-refractivity contribution in [3.8, 4) is 11.4 Å². The van der Waals surface area contributed by atoms with E-state index < -0.39 is 5.54 Å². The van der Waals surface area contributed by atoms with Crippen LogP contribution < -0.4 is 27.4 Å². The van der Waals surface area contributed by atoms with E-state index in [0.29, 0.717) is 44.3 Å². The Bertz CT molecular complexity index is 2900. The van der Waals surface area contributed by atoms with E-state index in [1.165, 1.54) is 38.4 Å². The minimum absolute atomic E-state index is 0.206. The van der Waals surface area contributed by atoms with Crippen LogP contribution in [0.1, 0.15) is 57.5 Å². The van der Waals surface area contributed by atoms with E-state index >= 15 is 0 Å². The predicted molar refractivity (Wildman–Crippen MR) is 244 cm³/mol. The van der Waals surface area contributed by atoms with E-state index in [0.717, 1.165) is 47.2 Å². The monoisotopic (exact) mass is 943 g/mol. The van der Waals surface area contributed by atoms with Gasteiger partial charge in [0.2, 0.25) is 0 Å². The number of fused-ring (bicyclic) bond motifs is 2. The Hall–Kier alpha value is -7.28. The van der Waals surface area contributed by atoms with Crippen molar-refractivity contribution in [3.05, 3.63) is 168 Å². The molecule has 6 heterocycles. The molecule has 2 aliphatic rings. The van der Waals surface area contributed by atoms with Crippen LogP contribution in [0, 0.1) is 18.3 Å². The summed E-state index contributed by atoms with van der Waals surface area (Å²) in [6.45, 7) is 4.50. The molecule has 332 valence electrons. The molecule has 2 aliphatic carbocycles. The third kappa shape index (κ3) is 10.3. The number of halogens is 3. The third-order valence-corrected chi connectivity index (χ3v) is 11.2. The van der Waals surface area contributed by atoms with Crippen molar-refractivity contribution in [1.82, 2.24) is 50.1 Å². The van der Waals surface area contributed by atoms with Gasteiger partial charge in [0.1, 0.15) is 22.1 Å². The number of hydrogen-bond acceptors (Lipinski definition) is 11. The molecule has 6 aromatic heterocycles. The molecule has 2 aromatic carbocycles. The van der Waals surface area contributed by atoms with E-state index in [-0.39, 0.29) is 29.0 Å². The molecule has 2 saturated carbocycles. The van der Waals surface area contributed by atoms with Gasteiger partial charge in [0, 0.05) is 42.6 Å². The maximum absolute atomic E-state index is 13.3. The van der Waals surface area contributed by atoms with Crippen LogP contribution in [-0.4, -0.2) is 72.5 Å². The number of pyridine rings is 4. The number of hydrogen-bond donors (Lipinski definition) is 5. The van der Waals surface area contributed by atoms with Gasteiger partial charge in [0.05, 0.1) is 69.4 Å². The molecule has 16 nitrogen and oxygen atoms in total. The summed E-state index contributed by atoms with van der Waals surface area (Å²) < 4.78 is 38.0. The number of nitrogens with zero attached hydrogens (tertiary/aromatic N) is 8. The standard InChI is InChI=1S/C22H19FN6O.C21H15BrFN5O.2CH5N.CO/c1-24-20-7-2-14(10-26-20)22(8-9-22)28-21(30)18-11-25-13-19-17(18)12-27-29(19)16-5-3-15(23)4-6-16;22-19-6-1-13(9-25-19)21(7-8-21)27-20(29)17-10-24-12-18-16(17)11-26-28(18)15-4-2-14(23)3-5-15;3*1-2/h2-7,10-13H,8-9H2,1H3,(H,24,26)(H,28,30);1-6,9-12H,7-8H2,(H,27,29);2*2H2,1H3;. The van der Waals surface area contributed by atoms with E-state index in [1.54, 1.807) is 83.2 Å². The number of rotatable bonds is 9. The van der Waals surface area contributed by atoms with Gasteiger partial charge in [-0.15, -0.1) is 0 Å². The number of amides is 2. The van der Waals surface area contributed by atoms with E-state index in [4.69, 9.17) is 4.65 Å². The first-order chi connectivity index (χ1) is 31.6. The van der Waals surface area contributed by atoms with Gasteiger partial charge < -0.3 is 27.4 Å². The Kier molecular flexibility index (Phi) is 15.2. The Balaban J connectivity index is 0.000000194. The molecular weight excluding hydrogens is 900 g/mol. The molecule has 0 unspecified atom stereocenters. The first-order valence-electron chi connectivity index (χ1n) is 20.1. The summed E-state index contributed by atoms with van der Waals surface area (Å²) in [4.78, 5) is 43.3. The molecule has 0 atom stereocenters. The fraction of sp³-hybridized carbons (Fsp3) is 0.196. The molecule has 19 heteroatoms. The van der Waals surface area contributed by atoms with Gasteiger partial charge >= 0.3 is 11.3 Å². The Labute approximate surface area is 380 Å². The van der Waals surface area contributed by atoms with Gasteiger partial charge in [-0.1, -0.05) is 12.1 Å². The number of benzene rings is 2. The normalized spacial score (nSPS) is 13.4. The summed E-state index contributed by atoms with van der Waals surface area (Å²) in [5.41, 5.74) is 13.8. The first-order valence-corrected chi connectivity index (χ1v) is 20.9. The van der Waals surface area contributed by atoms with Crippen molar-refractivity contribution in [2.45, 2.75) is 36.8 Å². The molecule has 10 rings (SSSR count). The third-order valence-electron chi connectivity index (χ3n) is 10.7. The number of nitrogens with one attached hydrogen (secondary N) is 3. The molecule has 65 heavy (non-hydrogen) atoms. The molecular formula is C46H44BrF2N13O3. The van der Waals surface area contributed by atoms with E-state index in [1.807, 2.05) is 31.3 Å². The van der Waals surface area contributed by atoms with Crippen molar-refractivity contribution in [3.63, 3.8) is 0 Å². The average Bonchev–Trinajstić information content (AvgIpc) is 4.23. The van der Waals surface area contributed by atoms with E-state index in [9.17, 15) is 18.4 Å². The topological polar surface area (TPSA) is 229 Å². The van der Waals surface area contributed by atoms with Crippen molar-refractivity contribution >= 4 is 55.4 Å². The molecule has 0 radical (unpaired) electrons. The number of aromatic nitrogens is 8. The fourth-order valence-electron chi connectivity index (χ4n) is 7.10. The van der Waals surface area contributed by atoms with Crippen LogP contribution in [0.25, 0.3) is 33.2 Å². The second-order valence-corrected chi connectivity index (χ2v) is 15.2. The fourth-order valence-corrected chi connectivity index (χ4v) is 7.33. The summed E-state index contributed by atoms with van der Waals surface area (Å²) in [5.74, 6) is -0.270. The Morgan fingerprint density at radius 3 is 1.38 bits per heavy atom. The van der Waals surface area contributed by atoms with Crippen LogP contribution in [0.4, 0.5) is 14.6 Å². The molecule has 0 bridgehead atoms. The summed E-state index contributed by atoms with van der Waals surface area (Å²) in [5, 5.41) is 19.4. The molecule has 2 amide bonds. The van der Waals surface area contributed by atoms with E-state index in [2.05, 4.69) is 80.1 Å². The van der Waals surface area contributed by atoms with Crippen LogP contribution in [0.3, 0.4) is 0 Å². The number of carbonyl (C=O) groups excluding carboxylic acids is 2. The molecule has 0 aliphatic heterocycles. The van der Waals surface area contributed by atoms with Crippen molar-refractivity contribution in [1.29, 1.82) is 0 Å². The van der Waals surface area contributed by atoms with Gasteiger partial charge in [-0.2, -0.15) is 10.2 Å². The summed E-state index contributed by atoms with van der Waals surface area (Å²) in [6, 6.07) is 19.7. The zero-order chi connectivity index (χ0) is 46.7. The van der Waals surface area contributed by atoms with Gasteiger partial charge in [-0.05, 0) is 127 Å². The van der Waals surface area contributed by atoms with Gasteiger partial charge in [0.25, 0.3) is 11.8 Å². The van der Waals surface area contributed by atoms with Crippen molar-refractivity contribution in [2.24, 2.45) is 11.5 Å². The second-order valence-electron chi connectivity index (χ2n) is 14.4. The Morgan fingerprint density at radius 2 is 1.03 bits per heavy atom. The number of anilines is 1. The van der Waals surface area contributed by atoms with Crippen LogP contribution >= 0.6 is 15.9 Å². The van der Waals surface area contributed by atoms with Crippen LogP contribution in [0.5, 0.6) is 0 Å². The summed E-state index contributed by atoms with van der Waals surface area (Å²) in [7, 11) is 4.82. The summed E-state index contributed by atoms with van der Waals surface area (Å²) in [6.07, 6.45) is 16.7. The van der Waals surface area contributed by atoms with Crippen LogP contribution in [-0.2, 0) is 15.7 Å². The quantitative estimate of drug-likeness (QED) is 0.0584. The minimum atomic E-state index is -0.397. The maximum atomic E-state index is 13.3. The van der Waals surface area contributed by atoms with Gasteiger partial charge in [0.15, 0.2) is 0 Å². The molecule has 2 fully saturated rings. The Morgan fingerprint density at radius 1 is 0.615 bits per heavy atom. The molecule has 7 N–H and O–H groups in total. The zero-order valence-corrected chi connectivity index (χ0v) is 37.1. The van der Waals surface area contributed by atoms with Crippen LogP contribution in [0.15, 0.2) is 127 Å². The van der Waals surface area contributed by atoms with Crippen molar-refractivity contribution in [2.75, 3.05) is 26.5 Å². The predicted octanol–water partition coefficient (Wildman–Crippen LogP) is 6.66. The average molecular weight is 945 g/mol. The molecule has 8 aromatic rings. The van der Waals surface area contributed by atoms with Gasteiger partial charge in [-0.3, -0.25) is 19.6 Å². The number of carbonyl (C=O) groups is 2. The van der Waals surface area contributed by atoms with Crippen molar-refractivity contribution < 1.29 is 23.0 Å². The first kappa shape index (κ1) is 47.2. The molecule has 0 spiro atoms. The number of nitrogens with two attached hydrogens (primary N) is 2.